The molecule has 4 atom stereocenters. The van der Waals surface area contributed by atoms with Gasteiger partial charge < -0.3 is 4.90 Å². The Balaban J connectivity index is 1.49. The fourth-order valence-corrected chi connectivity index (χ4v) is 6.48. The van der Waals surface area contributed by atoms with Crippen molar-refractivity contribution in [2.75, 3.05) is 13.6 Å². The van der Waals surface area contributed by atoms with Gasteiger partial charge in [0.25, 0.3) is 0 Å². The first-order valence-corrected chi connectivity index (χ1v) is 10.6. The second kappa shape index (κ2) is 6.13. The van der Waals surface area contributed by atoms with Crippen molar-refractivity contribution in [1.29, 1.82) is 0 Å². The molecule has 146 valence electrons. The number of hydrogen-bond acceptors (Lipinski definition) is 3. The molecule has 3 aliphatic carbocycles. The van der Waals surface area contributed by atoms with Crippen molar-refractivity contribution in [1.82, 2.24) is 14.9 Å². The smallest absolute Gasteiger partial charge is 0.246 e. The Morgan fingerprint density at radius 3 is 2.79 bits per heavy atom. The van der Waals surface area contributed by atoms with Crippen LogP contribution in [0.25, 0.3) is 5.57 Å². The summed E-state index contributed by atoms with van der Waals surface area (Å²) in [5.41, 5.74) is 5.55. The average Bonchev–Trinajstić information content (AvgIpc) is 3.00. The van der Waals surface area contributed by atoms with Gasteiger partial charge in [0.15, 0.2) is 0 Å². The first-order valence-electron chi connectivity index (χ1n) is 10.6. The monoisotopic (exact) mass is 375 g/mol. The molecule has 0 bridgehead atoms. The van der Waals surface area contributed by atoms with Crippen molar-refractivity contribution in [3.63, 3.8) is 0 Å². The van der Waals surface area contributed by atoms with Gasteiger partial charge in [0, 0.05) is 37.5 Å². The van der Waals surface area contributed by atoms with Gasteiger partial charge in [-0.3, -0.25) is 14.8 Å². The molecular weight excluding hydrogens is 346 g/mol. The number of likely N-dealkylation sites (N-methyl/N-ethyl adjacent to an activating group) is 1. The molecule has 2 saturated carbocycles. The number of rotatable bonds is 1. The summed E-state index contributed by atoms with van der Waals surface area (Å²) in [6.45, 7) is 5.69. The molecule has 4 nitrogen and oxygen atoms in total. The van der Waals surface area contributed by atoms with E-state index in [1.807, 2.05) is 24.2 Å². The van der Waals surface area contributed by atoms with Crippen LogP contribution in [0.2, 0.25) is 0 Å². The summed E-state index contributed by atoms with van der Waals surface area (Å²) in [5, 5.41) is 0. The van der Waals surface area contributed by atoms with Gasteiger partial charge in [0.2, 0.25) is 5.91 Å². The normalized spacial score (nSPS) is 37.2. The van der Waals surface area contributed by atoms with Crippen LogP contribution in [0, 0.1) is 22.7 Å². The van der Waals surface area contributed by atoms with Gasteiger partial charge in [0.05, 0.1) is 11.9 Å². The van der Waals surface area contributed by atoms with Gasteiger partial charge in [-0.05, 0) is 54.9 Å². The van der Waals surface area contributed by atoms with Crippen LogP contribution in [0.1, 0.15) is 51.6 Å². The molecule has 1 aromatic heterocycles. The lowest BCUT2D eigenvalue weighted by atomic mass is 9.49. The Morgan fingerprint density at radius 2 is 2.00 bits per heavy atom. The van der Waals surface area contributed by atoms with Crippen LogP contribution in [-0.4, -0.2) is 34.4 Å². The zero-order valence-corrected chi connectivity index (χ0v) is 17.1. The van der Waals surface area contributed by atoms with Crippen molar-refractivity contribution in [3.8, 4) is 0 Å². The molecular formula is C24H29N3O. The molecule has 1 aromatic rings. The van der Waals surface area contributed by atoms with Crippen LogP contribution in [0.4, 0.5) is 0 Å². The Kier molecular flexibility index (Phi) is 3.91. The average molecular weight is 376 g/mol. The molecule has 0 saturated heterocycles. The molecule has 0 spiro atoms. The van der Waals surface area contributed by atoms with Crippen LogP contribution in [0.15, 0.2) is 48.0 Å². The highest BCUT2D eigenvalue weighted by molar-refractivity contribution is 5.88. The third-order valence-corrected chi connectivity index (χ3v) is 8.26. The van der Waals surface area contributed by atoms with E-state index in [1.165, 1.54) is 17.6 Å². The maximum absolute atomic E-state index is 12.4. The molecule has 28 heavy (non-hydrogen) atoms. The van der Waals surface area contributed by atoms with Crippen LogP contribution in [0.5, 0.6) is 0 Å². The number of allylic oxidation sites excluding steroid dienone is 5. The van der Waals surface area contributed by atoms with E-state index < -0.39 is 0 Å². The fourth-order valence-electron chi connectivity index (χ4n) is 6.48. The number of hydrogen-bond donors (Lipinski definition) is 0. The topological polar surface area (TPSA) is 46.1 Å². The van der Waals surface area contributed by atoms with E-state index in [0.717, 1.165) is 37.9 Å². The largest absolute Gasteiger partial charge is 0.342 e. The summed E-state index contributed by atoms with van der Waals surface area (Å²) in [7, 11) is 1.94. The van der Waals surface area contributed by atoms with Gasteiger partial charge in [-0.15, -0.1) is 0 Å². The number of carbonyl (C=O) groups is 1. The van der Waals surface area contributed by atoms with Gasteiger partial charge in [-0.2, -0.15) is 0 Å². The van der Waals surface area contributed by atoms with E-state index >= 15 is 0 Å². The molecule has 2 heterocycles. The first kappa shape index (κ1) is 17.8. The molecule has 0 radical (unpaired) electrons. The van der Waals surface area contributed by atoms with E-state index in [1.54, 1.807) is 18.0 Å². The van der Waals surface area contributed by atoms with Crippen LogP contribution in [-0.2, 0) is 4.79 Å². The first-order chi connectivity index (χ1) is 13.4. The standard InChI is InChI=1S/C24H29N3O/c1-23-10-13-27(3)22(28)14-16(23)4-5-17-18-6-7-20(21-15-25-11-12-26-21)24(18,2)9-8-19(17)23/h6-7,11-12,14-15,17,19H,4-5,8-10,13H2,1-3H3/t17-,19-,23-,24-/m0/s1. The minimum Gasteiger partial charge on any atom is -0.342 e. The van der Waals surface area contributed by atoms with Gasteiger partial charge in [0.1, 0.15) is 0 Å². The van der Waals surface area contributed by atoms with Gasteiger partial charge in [-0.25, -0.2) is 0 Å². The molecule has 4 aliphatic rings. The SMILES string of the molecule is CN1CC[C@@]2(C)C(=CC1=O)CC[C@H]1C3=CC=C(c4cnccn4)[C@@]3(C)CC[C@@H]12. The minimum atomic E-state index is 0.0755. The zero-order chi connectivity index (χ0) is 19.5. The molecule has 0 unspecified atom stereocenters. The van der Waals surface area contributed by atoms with Crippen molar-refractivity contribution >= 4 is 11.5 Å². The Morgan fingerprint density at radius 1 is 1.14 bits per heavy atom. The van der Waals surface area contributed by atoms with E-state index in [2.05, 4.69) is 36.0 Å². The number of aromatic nitrogens is 2. The highest BCUT2D eigenvalue weighted by Crippen LogP contribution is 2.64. The third-order valence-electron chi connectivity index (χ3n) is 8.26. The number of fused-ring (bicyclic) bond motifs is 5. The van der Waals surface area contributed by atoms with E-state index in [4.69, 9.17) is 0 Å². The van der Waals surface area contributed by atoms with Crippen molar-refractivity contribution in [2.24, 2.45) is 22.7 Å². The molecule has 2 fully saturated rings. The van der Waals surface area contributed by atoms with Crippen molar-refractivity contribution in [3.05, 3.63) is 53.7 Å². The summed E-state index contributed by atoms with van der Waals surface area (Å²) in [5.74, 6) is 1.41. The van der Waals surface area contributed by atoms with Crippen LogP contribution < -0.4 is 0 Å². The molecule has 4 heteroatoms. The van der Waals surface area contributed by atoms with E-state index in [0.29, 0.717) is 11.8 Å². The second-order valence-corrected chi connectivity index (χ2v) is 9.51. The summed E-state index contributed by atoms with van der Waals surface area (Å²) in [6.07, 6.45) is 17.7. The second-order valence-electron chi connectivity index (χ2n) is 9.51. The van der Waals surface area contributed by atoms with E-state index in [-0.39, 0.29) is 16.7 Å². The summed E-state index contributed by atoms with van der Waals surface area (Å²) in [4.78, 5) is 23.2. The molecule has 1 aliphatic heterocycles. The lowest BCUT2D eigenvalue weighted by molar-refractivity contribution is -0.124. The predicted molar refractivity (Wildman–Crippen MR) is 110 cm³/mol. The Hall–Kier alpha value is -2.23. The van der Waals surface area contributed by atoms with Crippen molar-refractivity contribution in [2.45, 2.75) is 46.0 Å². The molecule has 1 amide bonds. The third kappa shape index (κ3) is 2.39. The maximum Gasteiger partial charge on any atom is 0.246 e. The summed E-state index contributed by atoms with van der Waals surface area (Å²) < 4.78 is 0. The van der Waals surface area contributed by atoms with Crippen molar-refractivity contribution < 1.29 is 4.79 Å². The number of nitrogens with zero attached hydrogens (tertiary/aromatic N) is 3. The molecule has 5 rings (SSSR count). The minimum absolute atomic E-state index is 0.0755. The highest BCUT2D eigenvalue weighted by atomic mass is 16.2. The molecule has 0 N–H and O–H groups in total. The lowest BCUT2D eigenvalue weighted by Gasteiger charge is -2.55. The van der Waals surface area contributed by atoms with Crippen LogP contribution in [0.3, 0.4) is 0 Å². The highest BCUT2D eigenvalue weighted by Gasteiger charge is 2.54. The molecule has 0 aromatic carbocycles. The lowest BCUT2D eigenvalue weighted by Crippen LogP contribution is -2.46. The fraction of sp³-hybridized carbons (Fsp3) is 0.542. The zero-order valence-electron chi connectivity index (χ0n) is 17.1. The Labute approximate surface area is 167 Å². The summed E-state index contributed by atoms with van der Waals surface area (Å²) >= 11 is 0. The summed E-state index contributed by atoms with van der Waals surface area (Å²) in [6, 6.07) is 0. The van der Waals surface area contributed by atoms with Gasteiger partial charge >= 0.3 is 0 Å². The predicted octanol–water partition coefficient (Wildman–Crippen LogP) is 4.42. The maximum atomic E-state index is 12.4. The quantitative estimate of drug-likeness (QED) is 0.730. The van der Waals surface area contributed by atoms with E-state index in [9.17, 15) is 4.79 Å². The van der Waals surface area contributed by atoms with Crippen LogP contribution >= 0.6 is 0 Å². The van der Waals surface area contributed by atoms with Gasteiger partial charge in [-0.1, -0.05) is 37.1 Å². The number of amides is 1. The Bertz CT molecular complexity index is 915. The number of carbonyl (C=O) groups excluding carboxylic acids is 1.